The molecule has 1 unspecified atom stereocenters. The van der Waals surface area contributed by atoms with Crippen molar-refractivity contribution in [3.63, 3.8) is 0 Å². The standard InChI is InChI=1S/C20H24FN3O2S.C4H6O5/c1-20(2,17-12-27-18(22-17)14-3-5-15(21)6-4-14)23-19(25)26-16-11-24-9-7-13(16)8-10-24;5-2(4(8)9)1-3(6)7/h3-6,12-13,16H,7-11H2,1-2H3,(H,23,25);2,5H,1H2,(H,6,7)(H,8,9)/t16-;/m0./s1. The fraction of sp³-hybridized carbons (Fsp3) is 0.500. The van der Waals surface area contributed by atoms with Gasteiger partial charge in [0.2, 0.25) is 0 Å². The molecular formula is C24H30FN3O7S. The predicted octanol–water partition coefficient (Wildman–Crippen LogP) is 2.91. The van der Waals surface area contributed by atoms with Crippen molar-refractivity contribution >= 4 is 29.4 Å². The number of aliphatic hydroxyl groups is 1. The summed E-state index contributed by atoms with van der Waals surface area (Å²) in [6.07, 6.45) is -0.746. The summed E-state index contributed by atoms with van der Waals surface area (Å²) in [5.41, 5.74) is 0.968. The van der Waals surface area contributed by atoms with Gasteiger partial charge in [-0.2, -0.15) is 0 Å². The monoisotopic (exact) mass is 523 g/mol. The fourth-order valence-electron chi connectivity index (χ4n) is 4.07. The van der Waals surface area contributed by atoms with Gasteiger partial charge in [0.25, 0.3) is 0 Å². The number of fused-ring (bicyclic) bond motifs is 3. The summed E-state index contributed by atoms with van der Waals surface area (Å²) in [6, 6.07) is 6.26. The molecule has 1 aromatic heterocycles. The third kappa shape index (κ3) is 7.45. The molecule has 0 saturated carbocycles. The number of ether oxygens (including phenoxy) is 1. The lowest BCUT2D eigenvalue weighted by atomic mass is 9.86. The van der Waals surface area contributed by atoms with E-state index in [1.165, 1.54) is 23.5 Å². The zero-order valence-electron chi connectivity index (χ0n) is 20.0. The number of carbonyl (C=O) groups is 3. The molecule has 0 radical (unpaired) electrons. The number of carboxylic acid groups (broad SMARTS) is 2. The van der Waals surface area contributed by atoms with Crippen LogP contribution in [0, 0.1) is 11.7 Å². The average Bonchev–Trinajstić information content (AvgIpc) is 3.31. The van der Waals surface area contributed by atoms with Gasteiger partial charge in [-0.15, -0.1) is 11.3 Å². The number of aromatic nitrogens is 1. The van der Waals surface area contributed by atoms with Gasteiger partial charge in [-0.05, 0) is 70.0 Å². The highest BCUT2D eigenvalue weighted by atomic mass is 32.1. The minimum absolute atomic E-state index is 0.0199. The molecule has 1 amide bonds. The van der Waals surface area contributed by atoms with Gasteiger partial charge < -0.3 is 25.4 Å². The van der Waals surface area contributed by atoms with Gasteiger partial charge in [0, 0.05) is 17.5 Å². The summed E-state index contributed by atoms with van der Waals surface area (Å²) in [7, 11) is 0. The third-order valence-corrected chi connectivity index (χ3v) is 7.05. The van der Waals surface area contributed by atoms with Gasteiger partial charge in [-0.1, -0.05) is 0 Å². The maximum absolute atomic E-state index is 13.1. The summed E-state index contributed by atoms with van der Waals surface area (Å²) in [5.74, 6) is -2.64. The number of benzene rings is 1. The van der Waals surface area contributed by atoms with Gasteiger partial charge in [0.1, 0.15) is 16.9 Å². The lowest BCUT2D eigenvalue weighted by Gasteiger charge is -2.44. The van der Waals surface area contributed by atoms with Crippen LogP contribution in [0.25, 0.3) is 10.6 Å². The smallest absolute Gasteiger partial charge is 0.408 e. The van der Waals surface area contributed by atoms with Crippen LogP contribution in [0.1, 0.15) is 38.8 Å². The van der Waals surface area contributed by atoms with Crippen LogP contribution < -0.4 is 5.32 Å². The summed E-state index contributed by atoms with van der Waals surface area (Å²) >= 11 is 1.48. The van der Waals surface area contributed by atoms with E-state index in [4.69, 9.17) is 20.1 Å². The van der Waals surface area contributed by atoms with E-state index in [2.05, 4.69) is 15.2 Å². The number of halogens is 1. The van der Waals surface area contributed by atoms with Gasteiger partial charge in [0.05, 0.1) is 17.7 Å². The number of aliphatic carboxylic acids is 2. The quantitative estimate of drug-likeness (QED) is 0.430. The third-order valence-electron chi connectivity index (χ3n) is 6.16. The van der Waals surface area contributed by atoms with E-state index in [1.54, 1.807) is 12.1 Å². The average molecular weight is 524 g/mol. The second-order valence-corrected chi connectivity index (χ2v) is 10.2. The summed E-state index contributed by atoms with van der Waals surface area (Å²) in [4.78, 5) is 38.9. The summed E-state index contributed by atoms with van der Waals surface area (Å²) in [6.45, 7) is 6.89. The molecule has 0 spiro atoms. The Morgan fingerprint density at radius 1 is 1.22 bits per heavy atom. The summed E-state index contributed by atoms with van der Waals surface area (Å²) in [5, 5.41) is 29.8. The lowest BCUT2D eigenvalue weighted by Crippen LogP contribution is -2.53. The zero-order chi connectivity index (χ0) is 26.5. The molecule has 2 bridgehead atoms. The van der Waals surface area contributed by atoms with Gasteiger partial charge in [-0.25, -0.2) is 19.0 Å². The minimum Gasteiger partial charge on any atom is -0.481 e. The van der Waals surface area contributed by atoms with Crippen LogP contribution in [0.5, 0.6) is 0 Å². The van der Waals surface area contributed by atoms with Gasteiger partial charge in [-0.3, -0.25) is 9.69 Å². The Balaban J connectivity index is 0.000000345. The van der Waals surface area contributed by atoms with Crippen molar-refractivity contribution in [2.45, 2.75) is 50.9 Å². The fourth-order valence-corrected chi connectivity index (χ4v) is 5.06. The van der Waals surface area contributed by atoms with Crippen LogP contribution in [0.15, 0.2) is 29.6 Å². The zero-order valence-corrected chi connectivity index (χ0v) is 20.8. The maximum atomic E-state index is 13.1. The molecular weight excluding hydrogens is 493 g/mol. The van der Waals surface area contributed by atoms with E-state index in [0.29, 0.717) is 5.92 Å². The van der Waals surface area contributed by atoms with Gasteiger partial charge in [0.15, 0.2) is 6.10 Å². The first-order chi connectivity index (χ1) is 16.9. The van der Waals surface area contributed by atoms with Crippen molar-refractivity contribution in [1.29, 1.82) is 0 Å². The first-order valence-electron chi connectivity index (χ1n) is 11.5. The number of alkyl carbamates (subject to hydrolysis) is 1. The Morgan fingerprint density at radius 3 is 2.36 bits per heavy atom. The molecule has 3 aliphatic rings. The molecule has 10 nitrogen and oxygen atoms in total. The van der Waals surface area contributed by atoms with Crippen molar-refractivity contribution < 1.29 is 38.8 Å². The molecule has 196 valence electrons. The van der Waals surface area contributed by atoms with E-state index in [9.17, 15) is 18.8 Å². The topological polar surface area (TPSA) is 149 Å². The van der Waals surface area contributed by atoms with E-state index in [0.717, 1.165) is 48.7 Å². The molecule has 3 fully saturated rings. The highest BCUT2D eigenvalue weighted by Gasteiger charge is 2.37. The van der Waals surface area contributed by atoms with Crippen molar-refractivity contribution in [2.24, 2.45) is 5.92 Å². The van der Waals surface area contributed by atoms with Crippen molar-refractivity contribution in [2.75, 3.05) is 19.6 Å². The Hall–Kier alpha value is -3.09. The highest BCUT2D eigenvalue weighted by molar-refractivity contribution is 7.13. The van der Waals surface area contributed by atoms with Crippen LogP contribution in [0.2, 0.25) is 0 Å². The largest absolute Gasteiger partial charge is 0.481 e. The Labute approximate surface area is 211 Å². The molecule has 12 heteroatoms. The SMILES string of the molecule is CC(C)(NC(=O)O[C@H]1CN2CCC1CC2)c1csc(-c2ccc(F)cc2)n1.O=C(O)CC(O)C(=O)O. The number of carbonyl (C=O) groups excluding carboxylic acids is 1. The normalized spacial score (nSPS) is 21.6. The Kier molecular flexibility index (Phi) is 8.98. The maximum Gasteiger partial charge on any atom is 0.408 e. The van der Waals surface area contributed by atoms with E-state index >= 15 is 0 Å². The molecule has 0 aliphatic carbocycles. The van der Waals surface area contributed by atoms with Crippen LogP contribution in [0.3, 0.4) is 0 Å². The number of hydrogen-bond acceptors (Lipinski definition) is 8. The van der Waals surface area contributed by atoms with Crippen molar-refractivity contribution in [3.05, 3.63) is 41.2 Å². The second-order valence-electron chi connectivity index (χ2n) is 9.33. The number of thiazole rings is 1. The number of nitrogens with one attached hydrogen (secondary N) is 1. The Morgan fingerprint density at radius 2 is 1.86 bits per heavy atom. The van der Waals surface area contributed by atoms with E-state index in [-0.39, 0.29) is 11.9 Å². The molecule has 3 aliphatic heterocycles. The molecule has 36 heavy (non-hydrogen) atoms. The molecule has 2 aromatic rings. The van der Waals surface area contributed by atoms with Crippen LogP contribution in [-0.4, -0.2) is 75.1 Å². The molecule has 2 atom stereocenters. The predicted molar refractivity (Wildman–Crippen MR) is 129 cm³/mol. The minimum atomic E-state index is -1.79. The van der Waals surface area contributed by atoms with Crippen LogP contribution in [-0.2, 0) is 19.9 Å². The number of nitrogens with zero attached hydrogens (tertiary/aromatic N) is 2. The molecule has 4 heterocycles. The lowest BCUT2D eigenvalue weighted by molar-refractivity contribution is -0.152. The van der Waals surface area contributed by atoms with Gasteiger partial charge >= 0.3 is 18.0 Å². The number of amides is 1. The number of piperidine rings is 3. The van der Waals surface area contributed by atoms with E-state index < -0.39 is 36.1 Å². The number of carboxylic acids is 2. The second kappa shape index (κ2) is 11.8. The highest BCUT2D eigenvalue weighted by Crippen LogP contribution is 2.31. The molecule has 3 saturated heterocycles. The van der Waals surface area contributed by atoms with Crippen molar-refractivity contribution in [3.8, 4) is 10.6 Å². The van der Waals surface area contributed by atoms with Crippen LogP contribution >= 0.6 is 11.3 Å². The molecule has 1 aromatic carbocycles. The number of rotatable bonds is 7. The Bertz CT molecular complexity index is 1070. The van der Waals surface area contributed by atoms with Crippen LogP contribution in [0.4, 0.5) is 9.18 Å². The van der Waals surface area contributed by atoms with E-state index in [1.807, 2.05) is 19.2 Å². The molecule has 4 N–H and O–H groups in total. The first kappa shape index (κ1) is 27.5. The van der Waals surface area contributed by atoms with Crippen molar-refractivity contribution in [1.82, 2.24) is 15.2 Å². The first-order valence-corrected chi connectivity index (χ1v) is 12.4. The molecule has 5 rings (SSSR count). The number of aliphatic hydroxyl groups excluding tert-OH is 1. The summed E-state index contributed by atoms with van der Waals surface area (Å²) < 4.78 is 18.8. The number of hydrogen-bond donors (Lipinski definition) is 4.